The monoisotopic (exact) mass is 285 g/mol. The Kier molecular flexibility index (Phi) is 4.87. The quantitative estimate of drug-likeness (QED) is 0.845. The van der Waals surface area contributed by atoms with Crippen LogP contribution in [0.1, 0.15) is 6.92 Å². The van der Waals surface area contributed by atoms with E-state index in [1.165, 1.54) is 6.07 Å². The van der Waals surface area contributed by atoms with Gasteiger partial charge in [0.25, 0.3) is 5.56 Å². The number of nitrogens with one attached hydrogen (secondary N) is 2. The largest absolute Gasteiger partial charge is 0.445 e. The molecule has 2 aromatic rings. The van der Waals surface area contributed by atoms with Crippen molar-refractivity contribution in [3.63, 3.8) is 0 Å². The summed E-state index contributed by atoms with van der Waals surface area (Å²) in [6, 6.07) is 10.1. The molecule has 6 heteroatoms. The number of aromatic nitrogens is 2. The van der Waals surface area contributed by atoms with Crippen LogP contribution in [0.2, 0.25) is 0 Å². The van der Waals surface area contributed by atoms with Gasteiger partial charge < -0.3 is 4.74 Å². The predicted octanol–water partition coefficient (Wildman–Crippen LogP) is 2.56. The Labute approximate surface area is 121 Å². The average molecular weight is 285 g/mol. The molecule has 2 N–H and O–H groups in total. The van der Waals surface area contributed by atoms with Crippen LogP contribution >= 0.6 is 0 Å². The Hall–Kier alpha value is -2.89. The number of H-pyrrole nitrogens is 1. The van der Waals surface area contributed by atoms with Crippen molar-refractivity contribution in [3.8, 4) is 11.3 Å². The van der Waals surface area contributed by atoms with Crippen LogP contribution in [0.3, 0.4) is 0 Å². The van der Waals surface area contributed by atoms with Crippen molar-refractivity contribution in [1.82, 2.24) is 10.2 Å². The van der Waals surface area contributed by atoms with E-state index in [0.717, 1.165) is 5.56 Å². The molecule has 0 fully saturated rings. The number of carbonyl (C=O) groups excluding carboxylic acids is 1. The van der Waals surface area contributed by atoms with Gasteiger partial charge in [-0.3, -0.25) is 10.1 Å². The third-order valence-electron chi connectivity index (χ3n) is 2.65. The number of hydrogen-bond acceptors (Lipinski definition) is 4. The first-order chi connectivity index (χ1) is 10.2. The fourth-order valence-electron chi connectivity index (χ4n) is 1.60. The van der Waals surface area contributed by atoms with Crippen LogP contribution in [-0.2, 0) is 4.74 Å². The van der Waals surface area contributed by atoms with E-state index in [1.807, 2.05) is 6.92 Å². The van der Waals surface area contributed by atoms with Crippen molar-refractivity contribution in [2.24, 2.45) is 0 Å². The summed E-state index contributed by atoms with van der Waals surface area (Å²) < 4.78 is 4.93. The average Bonchev–Trinajstić information content (AvgIpc) is 2.49. The lowest BCUT2D eigenvalue weighted by molar-refractivity contribution is 0.174. The number of benzene rings is 1. The third-order valence-corrected chi connectivity index (χ3v) is 2.65. The topological polar surface area (TPSA) is 84.1 Å². The fourth-order valence-corrected chi connectivity index (χ4v) is 1.60. The second kappa shape index (κ2) is 7.04. The molecule has 1 heterocycles. The molecule has 1 aromatic carbocycles. The number of amides is 1. The van der Waals surface area contributed by atoms with Gasteiger partial charge in [0.2, 0.25) is 0 Å². The maximum atomic E-state index is 11.5. The molecule has 0 aliphatic heterocycles. The van der Waals surface area contributed by atoms with Gasteiger partial charge in [-0.1, -0.05) is 24.3 Å². The standard InChI is InChI=1S/C15H15N3O3/c1-2-3-10-21-15(20)16-12-6-4-11(5-7-12)13-8-9-14(19)18-17-13/h2-9H,10H2,1H3,(H,16,20)(H,18,19)/b3-2+. The zero-order valence-corrected chi connectivity index (χ0v) is 11.5. The van der Waals surface area contributed by atoms with Crippen molar-refractivity contribution in [2.75, 3.05) is 11.9 Å². The van der Waals surface area contributed by atoms with Crippen molar-refractivity contribution >= 4 is 11.8 Å². The molecule has 6 nitrogen and oxygen atoms in total. The van der Waals surface area contributed by atoms with Gasteiger partial charge in [-0.2, -0.15) is 5.10 Å². The second-order valence-electron chi connectivity index (χ2n) is 4.18. The summed E-state index contributed by atoms with van der Waals surface area (Å²) in [5.41, 5.74) is 1.85. The molecule has 0 aliphatic rings. The predicted molar refractivity (Wildman–Crippen MR) is 80.1 cm³/mol. The third kappa shape index (κ3) is 4.31. The first-order valence-corrected chi connectivity index (χ1v) is 6.40. The van der Waals surface area contributed by atoms with Gasteiger partial charge >= 0.3 is 6.09 Å². The molecule has 21 heavy (non-hydrogen) atoms. The molecule has 0 radical (unpaired) electrons. The molecule has 0 bridgehead atoms. The molecule has 1 aromatic heterocycles. The summed E-state index contributed by atoms with van der Waals surface area (Å²) in [4.78, 5) is 22.4. The lowest BCUT2D eigenvalue weighted by atomic mass is 10.1. The molecule has 0 unspecified atom stereocenters. The highest BCUT2D eigenvalue weighted by molar-refractivity contribution is 5.85. The van der Waals surface area contributed by atoms with Crippen molar-refractivity contribution in [1.29, 1.82) is 0 Å². The van der Waals surface area contributed by atoms with E-state index in [2.05, 4.69) is 15.5 Å². The van der Waals surface area contributed by atoms with Crippen LogP contribution in [0, 0.1) is 0 Å². The lowest BCUT2D eigenvalue weighted by Gasteiger charge is -2.06. The Morgan fingerprint density at radius 1 is 1.29 bits per heavy atom. The van der Waals surface area contributed by atoms with E-state index in [1.54, 1.807) is 42.5 Å². The summed E-state index contributed by atoms with van der Waals surface area (Å²) in [5, 5.41) is 8.92. The molecule has 0 atom stereocenters. The highest BCUT2D eigenvalue weighted by atomic mass is 16.5. The molecule has 0 aliphatic carbocycles. The van der Waals surface area contributed by atoms with Gasteiger partial charge in [0.1, 0.15) is 6.61 Å². The number of aromatic amines is 1. The van der Waals surface area contributed by atoms with Gasteiger partial charge in [-0.05, 0) is 25.1 Å². The van der Waals surface area contributed by atoms with E-state index in [0.29, 0.717) is 11.4 Å². The van der Waals surface area contributed by atoms with E-state index in [9.17, 15) is 9.59 Å². The normalized spacial score (nSPS) is 10.5. The van der Waals surface area contributed by atoms with Gasteiger partial charge in [0.15, 0.2) is 0 Å². The summed E-state index contributed by atoms with van der Waals surface area (Å²) in [5.74, 6) is 0. The first kappa shape index (κ1) is 14.5. The van der Waals surface area contributed by atoms with Gasteiger partial charge in [-0.25, -0.2) is 9.89 Å². The van der Waals surface area contributed by atoms with Crippen LogP contribution < -0.4 is 10.9 Å². The fraction of sp³-hybridized carbons (Fsp3) is 0.133. The van der Waals surface area contributed by atoms with Gasteiger partial charge in [-0.15, -0.1) is 0 Å². The van der Waals surface area contributed by atoms with Crippen LogP contribution in [0.25, 0.3) is 11.3 Å². The van der Waals surface area contributed by atoms with Gasteiger partial charge in [0.05, 0.1) is 5.69 Å². The summed E-state index contributed by atoms with van der Waals surface area (Å²) in [6.45, 7) is 2.09. The SMILES string of the molecule is C/C=C/COC(=O)Nc1ccc(-c2ccc(=O)[nH]n2)cc1. The summed E-state index contributed by atoms with van der Waals surface area (Å²) in [7, 11) is 0. The minimum absolute atomic E-state index is 0.238. The number of nitrogens with zero attached hydrogens (tertiary/aromatic N) is 1. The van der Waals surface area contributed by atoms with Crippen molar-refractivity contribution < 1.29 is 9.53 Å². The number of allylic oxidation sites excluding steroid dienone is 1. The molecule has 2 rings (SSSR count). The lowest BCUT2D eigenvalue weighted by Crippen LogP contribution is -2.13. The van der Waals surface area contributed by atoms with Crippen LogP contribution in [-0.4, -0.2) is 22.9 Å². The summed E-state index contributed by atoms with van der Waals surface area (Å²) in [6.07, 6.45) is 3.03. The maximum Gasteiger partial charge on any atom is 0.411 e. The minimum atomic E-state index is -0.511. The molecule has 0 spiro atoms. The molecule has 0 saturated carbocycles. The van der Waals surface area contributed by atoms with Crippen LogP contribution in [0.4, 0.5) is 10.5 Å². The first-order valence-electron chi connectivity index (χ1n) is 6.40. The minimum Gasteiger partial charge on any atom is -0.445 e. The van der Waals surface area contributed by atoms with Gasteiger partial charge in [0, 0.05) is 17.3 Å². The smallest absolute Gasteiger partial charge is 0.411 e. The van der Waals surface area contributed by atoms with E-state index in [4.69, 9.17) is 4.74 Å². The maximum absolute atomic E-state index is 11.5. The summed E-state index contributed by atoms with van der Waals surface area (Å²) >= 11 is 0. The Morgan fingerprint density at radius 3 is 2.67 bits per heavy atom. The van der Waals surface area contributed by atoms with E-state index in [-0.39, 0.29) is 12.2 Å². The highest BCUT2D eigenvalue weighted by Crippen LogP contribution is 2.18. The zero-order valence-electron chi connectivity index (χ0n) is 11.5. The van der Waals surface area contributed by atoms with Crippen LogP contribution in [0.5, 0.6) is 0 Å². The highest BCUT2D eigenvalue weighted by Gasteiger charge is 2.03. The number of hydrogen-bond donors (Lipinski definition) is 2. The molecule has 0 saturated heterocycles. The van der Waals surface area contributed by atoms with E-state index >= 15 is 0 Å². The Balaban J connectivity index is 2.00. The number of rotatable bonds is 4. The molecule has 108 valence electrons. The molecular weight excluding hydrogens is 270 g/mol. The number of ether oxygens (including phenoxy) is 1. The Morgan fingerprint density at radius 2 is 2.05 bits per heavy atom. The molecule has 1 amide bonds. The van der Waals surface area contributed by atoms with Crippen molar-refractivity contribution in [2.45, 2.75) is 6.92 Å². The molecular formula is C15H15N3O3. The zero-order chi connectivity index (χ0) is 15.1. The number of carbonyl (C=O) groups is 1. The van der Waals surface area contributed by atoms with Crippen LogP contribution in [0.15, 0.2) is 53.3 Å². The second-order valence-corrected chi connectivity index (χ2v) is 4.18. The van der Waals surface area contributed by atoms with Crippen molar-refractivity contribution in [3.05, 3.63) is 58.9 Å². The Bertz CT molecular complexity index is 670. The number of anilines is 1. The van der Waals surface area contributed by atoms with E-state index < -0.39 is 6.09 Å².